The molecule has 2 N–H and O–H groups in total. The van der Waals surface area contributed by atoms with Crippen molar-refractivity contribution < 1.29 is 4.74 Å². The second kappa shape index (κ2) is 7.20. The van der Waals surface area contributed by atoms with Gasteiger partial charge in [0.1, 0.15) is 5.75 Å². The number of methoxy groups -OCH3 is 1. The predicted molar refractivity (Wildman–Crippen MR) is 61.0 cm³/mol. The van der Waals surface area contributed by atoms with Crippen LogP contribution in [-0.4, -0.2) is 32.2 Å². The molecular weight excluding hydrogens is 190 g/mol. The SMILES string of the molecule is CNCCCNCc1ccncc1OC. The number of pyridine rings is 1. The van der Waals surface area contributed by atoms with Gasteiger partial charge in [0.2, 0.25) is 0 Å². The Morgan fingerprint density at radius 2 is 2.27 bits per heavy atom. The summed E-state index contributed by atoms with van der Waals surface area (Å²) in [7, 11) is 3.63. The number of rotatable bonds is 7. The minimum Gasteiger partial charge on any atom is -0.495 e. The van der Waals surface area contributed by atoms with Gasteiger partial charge in [-0.1, -0.05) is 0 Å². The van der Waals surface area contributed by atoms with Crippen LogP contribution in [0.1, 0.15) is 12.0 Å². The summed E-state index contributed by atoms with van der Waals surface area (Å²) in [5, 5.41) is 6.48. The van der Waals surface area contributed by atoms with E-state index >= 15 is 0 Å². The van der Waals surface area contributed by atoms with Gasteiger partial charge >= 0.3 is 0 Å². The fourth-order valence-corrected chi connectivity index (χ4v) is 1.35. The highest BCUT2D eigenvalue weighted by atomic mass is 16.5. The summed E-state index contributed by atoms with van der Waals surface area (Å²) in [6.07, 6.45) is 4.65. The highest BCUT2D eigenvalue weighted by molar-refractivity contribution is 5.29. The van der Waals surface area contributed by atoms with E-state index in [1.54, 1.807) is 19.5 Å². The van der Waals surface area contributed by atoms with E-state index in [0.717, 1.165) is 37.4 Å². The van der Waals surface area contributed by atoms with Crippen LogP contribution in [0, 0.1) is 0 Å². The molecule has 4 nitrogen and oxygen atoms in total. The van der Waals surface area contributed by atoms with Gasteiger partial charge in [0, 0.05) is 18.3 Å². The molecule has 0 radical (unpaired) electrons. The van der Waals surface area contributed by atoms with E-state index in [1.165, 1.54) is 0 Å². The third kappa shape index (κ3) is 4.27. The lowest BCUT2D eigenvalue weighted by Gasteiger charge is -2.08. The van der Waals surface area contributed by atoms with Gasteiger partial charge in [0.05, 0.1) is 13.3 Å². The zero-order chi connectivity index (χ0) is 10.9. The molecule has 0 saturated carbocycles. The minimum atomic E-state index is 0.829. The average molecular weight is 209 g/mol. The highest BCUT2D eigenvalue weighted by Gasteiger charge is 2.00. The van der Waals surface area contributed by atoms with Crippen molar-refractivity contribution in [3.05, 3.63) is 24.0 Å². The average Bonchev–Trinajstić information content (AvgIpc) is 2.29. The van der Waals surface area contributed by atoms with E-state index in [1.807, 2.05) is 13.1 Å². The van der Waals surface area contributed by atoms with E-state index in [2.05, 4.69) is 15.6 Å². The molecule has 0 aromatic carbocycles. The lowest BCUT2D eigenvalue weighted by Crippen LogP contribution is -2.19. The Morgan fingerprint density at radius 1 is 1.40 bits per heavy atom. The minimum absolute atomic E-state index is 0.829. The Balaban J connectivity index is 2.30. The Bertz CT molecular complexity index is 278. The molecule has 84 valence electrons. The maximum Gasteiger partial charge on any atom is 0.141 e. The maximum atomic E-state index is 5.21. The molecule has 0 aliphatic carbocycles. The fraction of sp³-hybridized carbons (Fsp3) is 0.545. The van der Waals surface area contributed by atoms with Crippen LogP contribution in [0.15, 0.2) is 18.5 Å². The van der Waals surface area contributed by atoms with Crippen LogP contribution < -0.4 is 15.4 Å². The molecule has 0 unspecified atom stereocenters. The molecule has 0 atom stereocenters. The monoisotopic (exact) mass is 209 g/mol. The van der Waals surface area contributed by atoms with Crippen molar-refractivity contribution >= 4 is 0 Å². The van der Waals surface area contributed by atoms with Crippen molar-refractivity contribution in [2.24, 2.45) is 0 Å². The lowest BCUT2D eigenvalue weighted by molar-refractivity contribution is 0.405. The quantitative estimate of drug-likeness (QED) is 0.652. The standard InChI is InChI=1S/C11H19N3O/c1-12-5-3-6-13-8-10-4-7-14-9-11(10)15-2/h4,7,9,12-13H,3,5-6,8H2,1-2H3. The molecule has 1 heterocycles. The molecule has 0 saturated heterocycles. The molecule has 1 rings (SSSR count). The molecule has 4 heteroatoms. The third-order valence-corrected chi connectivity index (χ3v) is 2.19. The molecule has 0 aliphatic heterocycles. The zero-order valence-corrected chi connectivity index (χ0v) is 9.42. The second-order valence-electron chi connectivity index (χ2n) is 3.32. The normalized spacial score (nSPS) is 10.3. The van der Waals surface area contributed by atoms with E-state index in [-0.39, 0.29) is 0 Å². The summed E-state index contributed by atoms with van der Waals surface area (Å²) >= 11 is 0. The van der Waals surface area contributed by atoms with Gasteiger partial charge in [0.15, 0.2) is 0 Å². The van der Waals surface area contributed by atoms with Gasteiger partial charge in [0.25, 0.3) is 0 Å². The van der Waals surface area contributed by atoms with Crippen LogP contribution in [-0.2, 0) is 6.54 Å². The summed E-state index contributed by atoms with van der Waals surface area (Å²) < 4.78 is 5.21. The lowest BCUT2D eigenvalue weighted by atomic mass is 10.2. The Morgan fingerprint density at radius 3 is 3.00 bits per heavy atom. The van der Waals surface area contributed by atoms with E-state index in [0.29, 0.717) is 0 Å². The van der Waals surface area contributed by atoms with Crippen molar-refractivity contribution in [1.82, 2.24) is 15.6 Å². The van der Waals surface area contributed by atoms with Crippen molar-refractivity contribution in [2.75, 3.05) is 27.2 Å². The first-order chi connectivity index (χ1) is 7.38. The van der Waals surface area contributed by atoms with Crippen molar-refractivity contribution in [2.45, 2.75) is 13.0 Å². The zero-order valence-electron chi connectivity index (χ0n) is 9.42. The smallest absolute Gasteiger partial charge is 0.141 e. The van der Waals surface area contributed by atoms with Gasteiger partial charge in [-0.2, -0.15) is 0 Å². The largest absolute Gasteiger partial charge is 0.495 e. The van der Waals surface area contributed by atoms with E-state index < -0.39 is 0 Å². The highest BCUT2D eigenvalue weighted by Crippen LogP contribution is 2.14. The molecule has 0 spiro atoms. The number of ether oxygens (including phenoxy) is 1. The topological polar surface area (TPSA) is 46.2 Å². The van der Waals surface area contributed by atoms with Crippen molar-refractivity contribution in [1.29, 1.82) is 0 Å². The van der Waals surface area contributed by atoms with Crippen LogP contribution in [0.25, 0.3) is 0 Å². The van der Waals surface area contributed by atoms with Gasteiger partial charge in [-0.25, -0.2) is 0 Å². The fourth-order valence-electron chi connectivity index (χ4n) is 1.35. The molecule has 0 bridgehead atoms. The van der Waals surface area contributed by atoms with Crippen LogP contribution in [0.4, 0.5) is 0 Å². The van der Waals surface area contributed by atoms with Gasteiger partial charge in [-0.05, 0) is 32.6 Å². The van der Waals surface area contributed by atoms with Crippen LogP contribution in [0.3, 0.4) is 0 Å². The van der Waals surface area contributed by atoms with Crippen molar-refractivity contribution in [3.63, 3.8) is 0 Å². The Hall–Kier alpha value is -1.13. The third-order valence-electron chi connectivity index (χ3n) is 2.19. The first-order valence-electron chi connectivity index (χ1n) is 5.20. The predicted octanol–water partition coefficient (Wildman–Crippen LogP) is 0.789. The Kier molecular flexibility index (Phi) is 5.73. The number of nitrogens with one attached hydrogen (secondary N) is 2. The number of nitrogens with zero attached hydrogens (tertiary/aromatic N) is 1. The number of hydrogen-bond donors (Lipinski definition) is 2. The van der Waals surface area contributed by atoms with Crippen LogP contribution >= 0.6 is 0 Å². The summed E-state index contributed by atoms with van der Waals surface area (Å²) in [6, 6.07) is 1.98. The van der Waals surface area contributed by atoms with Gasteiger partial charge in [-0.15, -0.1) is 0 Å². The molecule has 0 aliphatic rings. The molecule has 0 amide bonds. The van der Waals surface area contributed by atoms with Crippen molar-refractivity contribution in [3.8, 4) is 5.75 Å². The first-order valence-corrected chi connectivity index (χ1v) is 5.20. The summed E-state index contributed by atoms with van der Waals surface area (Å²) in [6.45, 7) is 2.88. The molecule has 1 aromatic rings. The van der Waals surface area contributed by atoms with Gasteiger partial charge in [-0.3, -0.25) is 4.98 Å². The first kappa shape index (κ1) is 11.9. The summed E-state index contributed by atoms with van der Waals surface area (Å²) in [5.41, 5.74) is 1.15. The second-order valence-corrected chi connectivity index (χ2v) is 3.32. The van der Waals surface area contributed by atoms with Gasteiger partial charge < -0.3 is 15.4 Å². The summed E-state index contributed by atoms with van der Waals surface area (Å²) in [4.78, 5) is 4.01. The Labute approximate surface area is 91.1 Å². The van der Waals surface area contributed by atoms with Crippen LogP contribution in [0.2, 0.25) is 0 Å². The maximum absolute atomic E-state index is 5.21. The number of hydrogen-bond acceptors (Lipinski definition) is 4. The van der Waals surface area contributed by atoms with Crippen LogP contribution in [0.5, 0.6) is 5.75 Å². The molecular formula is C11H19N3O. The molecule has 0 fully saturated rings. The van der Waals surface area contributed by atoms with E-state index in [9.17, 15) is 0 Å². The van der Waals surface area contributed by atoms with E-state index in [4.69, 9.17) is 4.74 Å². The molecule has 1 aromatic heterocycles. The summed E-state index contributed by atoms with van der Waals surface area (Å²) in [5.74, 6) is 0.846. The number of aromatic nitrogens is 1. The molecule has 15 heavy (non-hydrogen) atoms.